The third-order valence-electron chi connectivity index (χ3n) is 5.98. The lowest BCUT2D eigenvalue weighted by molar-refractivity contribution is -0.145. The molecule has 2 fully saturated rings. The van der Waals surface area contributed by atoms with Crippen LogP contribution in [0.1, 0.15) is 30.4 Å². The molecule has 7 nitrogen and oxygen atoms in total. The lowest BCUT2D eigenvalue weighted by Gasteiger charge is -2.51. The zero-order valence-corrected chi connectivity index (χ0v) is 16.5. The van der Waals surface area contributed by atoms with E-state index in [9.17, 15) is 9.59 Å². The van der Waals surface area contributed by atoms with E-state index in [1.165, 1.54) is 0 Å². The van der Waals surface area contributed by atoms with Crippen molar-refractivity contribution in [2.45, 2.75) is 33.6 Å². The van der Waals surface area contributed by atoms with Crippen LogP contribution in [0, 0.1) is 25.2 Å². The average molecular weight is 362 g/mol. The van der Waals surface area contributed by atoms with Crippen LogP contribution in [0.15, 0.2) is 4.52 Å². The van der Waals surface area contributed by atoms with Crippen LogP contribution in [-0.2, 0) is 16.0 Å². The highest BCUT2D eigenvalue weighted by Gasteiger charge is 2.55. The summed E-state index contributed by atoms with van der Waals surface area (Å²) in [4.78, 5) is 30.5. The van der Waals surface area contributed by atoms with Gasteiger partial charge in [-0.2, -0.15) is 0 Å². The van der Waals surface area contributed by atoms with Crippen molar-refractivity contribution >= 4 is 11.8 Å². The van der Waals surface area contributed by atoms with Gasteiger partial charge in [-0.25, -0.2) is 0 Å². The number of carbonyl (C=O) groups excluding carboxylic acids is 2. The first kappa shape index (κ1) is 18.9. The van der Waals surface area contributed by atoms with Gasteiger partial charge in [-0.1, -0.05) is 5.16 Å². The normalized spacial score (nSPS) is 21.5. The van der Waals surface area contributed by atoms with Gasteiger partial charge in [0.15, 0.2) is 0 Å². The maximum Gasteiger partial charge on any atom is 0.222 e. The van der Waals surface area contributed by atoms with Gasteiger partial charge in [0.2, 0.25) is 11.8 Å². The van der Waals surface area contributed by atoms with E-state index in [1.54, 1.807) is 6.92 Å². The van der Waals surface area contributed by atoms with Gasteiger partial charge in [-0.05, 0) is 40.3 Å². The average Bonchev–Trinajstić information content (AvgIpc) is 3.04. The zero-order valence-electron chi connectivity index (χ0n) is 16.5. The van der Waals surface area contributed by atoms with E-state index >= 15 is 0 Å². The summed E-state index contributed by atoms with van der Waals surface area (Å²) in [5.74, 6) is 1.54. The standard InChI is InChI=1S/C19H30N4O3/c1-13-17(14(2)26-20-13)6-7-18(25)23-11-19(12-23)10-22(15(3)24)9-16(19)8-21(4)5/h16H,6-12H2,1-5H3. The Hall–Kier alpha value is -1.89. The molecule has 26 heavy (non-hydrogen) atoms. The van der Waals surface area contributed by atoms with Crippen LogP contribution in [0.25, 0.3) is 0 Å². The molecule has 0 aromatic carbocycles. The molecule has 2 aliphatic heterocycles. The van der Waals surface area contributed by atoms with E-state index in [4.69, 9.17) is 4.52 Å². The van der Waals surface area contributed by atoms with E-state index in [-0.39, 0.29) is 17.2 Å². The molecule has 1 spiro atoms. The summed E-state index contributed by atoms with van der Waals surface area (Å²) in [5, 5.41) is 3.95. The predicted molar refractivity (Wildman–Crippen MR) is 97.6 cm³/mol. The number of hydrogen-bond acceptors (Lipinski definition) is 5. The van der Waals surface area contributed by atoms with E-state index in [2.05, 4.69) is 24.2 Å². The molecule has 144 valence electrons. The second-order valence-electron chi connectivity index (χ2n) is 8.27. The maximum atomic E-state index is 12.6. The molecule has 7 heteroatoms. The highest BCUT2D eigenvalue weighted by molar-refractivity contribution is 5.78. The second kappa shape index (κ2) is 7.02. The predicted octanol–water partition coefficient (Wildman–Crippen LogP) is 1.09. The van der Waals surface area contributed by atoms with Gasteiger partial charge >= 0.3 is 0 Å². The molecule has 0 N–H and O–H groups in total. The fourth-order valence-corrected chi connectivity index (χ4v) is 4.46. The number of amides is 2. The second-order valence-corrected chi connectivity index (χ2v) is 8.27. The number of rotatable bonds is 5. The largest absolute Gasteiger partial charge is 0.361 e. The van der Waals surface area contributed by atoms with Crippen molar-refractivity contribution in [3.8, 4) is 0 Å². The Morgan fingerprint density at radius 3 is 2.42 bits per heavy atom. The van der Waals surface area contributed by atoms with Gasteiger partial charge in [0, 0.05) is 57.0 Å². The maximum absolute atomic E-state index is 12.6. The SMILES string of the molecule is CC(=O)N1CC(CN(C)C)C2(C1)CN(C(=O)CCc1c(C)noc1C)C2. The van der Waals surface area contributed by atoms with Gasteiger partial charge in [0.25, 0.3) is 0 Å². The van der Waals surface area contributed by atoms with Crippen molar-refractivity contribution in [3.63, 3.8) is 0 Å². The van der Waals surface area contributed by atoms with Crippen LogP contribution in [0.4, 0.5) is 0 Å². The summed E-state index contributed by atoms with van der Waals surface area (Å²) in [6, 6.07) is 0. The van der Waals surface area contributed by atoms with Crippen molar-refractivity contribution in [2.75, 3.05) is 46.8 Å². The Morgan fingerprint density at radius 2 is 1.88 bits per heavy atom. The molecule has 1 aromatic heterocycles. The molecule has 2 amide bonds. The molecule has 2 aliphatic rings. The number of hydrogen-bond donors (Lipinski definition) is 0. The van der Waals surface area contributed by atoms with Crippen molar-refractivity contribution in [1.29, 1.82) is 0 Å². The Bertz CT molecular complexity index is 671. The first-order valence-corrected chi connectivity index (χ1v) is 9.31. The quantitative estimate of drug-likeness (QED) is 0.784. The van der Waals surface area contributed by atoms with Crippen LogP contribution in [0.3, 0.4) is 0 Å². The van der Waals surface area contributed by atoms with Gasteiger partial charge < -0.3 is 19.2 Å². The van der Waals surface area contributed by atoms with Gasteiger partial charge in [0.1, 0.15) is 5.76 Å². The fraction of sp³-hybridized carbons (Fsp3) is 0.737. The molecule has 3 rings (SSSR count). The highest BCUT2D eigenvalue weighted by atomic mass is 16.5. The Morgan fingerprint density at radius 1 is 1.23 bits per heavy atom. The fourth-order valence-electron chi connectivity index (χ4n) is 4.46. The van der Waals surface area contributed by atoms with Crippen molar-refractivity contribution in [1.82, 2.24) is 19.9 Å². The van der Waals surface area contributed by atoms with Crippen LogP contribution < -0.4 is 0 Å². The molecule has 1 aromatic rings. The van der Waals surface area contributed by atoms with Crippen LogP contribution in [0.5, 0.6) is 0 Å². The number of aryl methyl sites for hydroxylation is 2. The molecule has 0 saturated carbocycles. The Kier molecular flexibility index (Phi) is 5.10. The first-order chi connectivity index (χ1) is 12.2. The number of likely N-dealkylation sites (tertiary alicyclic amines) is 2. The number of carbonyl (C=O) groups is 2. The Labute approximate surface area is 155 Å². The molecule has 0 aliphatic carbocycles. The Balaban J connectivity index is 1.58. The molecular weight excluding hydrogens is 332 g/mol. The molecule has 1 atom stereocenters. The summed E-state index contributed by atoms with van der Waals surface area (Å²) >= 11 is 0. The lowest BCUT2D eigenvalue weighted by Crippen LogP contribution is -2.63. The third kappa shape index (κ3) is 3.49. The van der Waals surface area contributed by atoms with Crippen molar-refractivity contribution < 1.29 is 14.1 Å². The van der Waals surface area contributed by atoms with E-state index in [0.717, 1.165) is 49.7 Å². The van der Waals surface area contributed by atoms with Gasteiger partial charge in [-0.15, -0.1) is 0 Å². The topological polar surface area (TPSA) is 69.9 Å². The molecule has 3 heterocycles. The molecule has 0 bridgehead atoms. The molecule has 1 unspecified atom stereocenters. The van der Waals surface area contributed by atoms with E-state index in [1.807, 2.05) is 23.6 Å². The van der Waals surface area contributed by atoms with Crippen LogP contribution in [0.2, 0.25) is 0 Å². The van der Waals surface area contributed by atoms with Crippen LogP contribution >= 0.6 is 0 Å². The van der Waals surface area contributed by atoms with Crippen molar-refractivity contribution in [3.05, 3.63) is 17.0 Å². The van der Waals surface area contributed by atoms with Crippen LogP contribution in [-0.4, -0.2) is 78.5 Å². The summed E-state index contributed by atoms with van der Waals surface area (Å²) in [6.07, 6.45) is 1.15. The molecular formula is C19H30N4O3. The van der Waals surface area contributed by atoms with E-state index < -0.39 is 0 Å². The summed E-state index contributed by atoms with van der Waals surface area (Å²) < 4.78 is 5.17. The minimum Gasteiger partial charge on any atom is -0.361 e. The smallest absolute Gasteiger partial charge is 0.222 e. The van der Waals surface area contributed by atoms with Crippen molar-refractivity contribution in [2.24, 2.45) is 11.3 Å². The molecule has 2 saturated heterocycles. The highest BCUT2D eigenvalue weighted by Crippen LogP contribution is 2.44. The van der Waals surface area contributed by atoms with Gasteiger partial charge in [-0.3, -0.25) is 9.59 Å². The first-order valence-electron chi connectivity index (χ1n) is 9.31. The zero-order chi connectivity index (χ0) is 19.1. The monoisotopic (exact) mass is 362 g/mol. The minimum atomic E-state index is 0.0641. The van der Waals surface area contributed by atoms with E-state index in [0.29, 0.717) is 18.8 Å². The number of nitrogens with zero attached hydrogens (tertiary/aromatic N) is 4. The molecule has 0 radical (unpaired) electrons. The summed E-state index contributed by atoms with van der Waals surface area (Å²) in [7, 11) is 4.13. The summed E-state index contributed by atoms with van der Waals surface area (Å²) in [6.45, 7) is 9.48. The number of aromatic nitrogens is 1. The lowest BCUT2D eigenvalue weighted by atomic mass is 9.71. The third-order valence-corrected chi connectivity index (χ3v) is 5.98. The summed E-state index contributed by atoms with van der Waals surface area (Å²) in [5.41, 5.74) is 1.98. The van der Waals surface area contributed by atoms with Gasteiger partial charge in [0.05, 0.1) is 5.69 Å². The minimum absolute atomic E-state index is 0.0641.